The van der Waals surface area contributed by atoms with Crippen LogP contribution in [0.1, 0.15) is 27.7 Å². The van der Waals surface area contributed by atoms with Crippen LogP contribution in [0.3, 0.4) is 0 Å². The standard InChI is InChI=1S/C6H18ClN2O2P/c1-5(2)9(6(3)4)12(8,10)11-7/h5-6,10,12H,8H2,1-4H3. The van der Waals surface area contributed by atoms with Crippen LogP contribution in [-0.2, 0) is 4.08 Å². The Morgan fingerprint density at radius 1 is 1.33 bits per heavy atom. The van der Waals surface area contributed by atoms with Crippen molar-refractivity contribution in [3.05, 3.63) is 0 Å². The van der Waals surface area contributed by atoms with Gasteiger partial charge >= 0.3 is 78.8 Å². The summed E-state index contributed by atoms with van der Waals surface area (Å²) in [6, 6.07) is 0.232. The van der Waals surface area contributed by atoms with Crippen molar-refractivity contribution in [1.82, 2.24) is 4.67 Å². The Bertz CT molecular complexity index is 136. The zero-order valence-corrected chi connectivity index (χ0v) is 9.67. The van der Waals surface area contributed by atoms with Gasteiger partial charge in [0.25, 0.3) is 0 Å². The fourth-order valence-electron chi connectivity index (χ4n) is 1.38. The van der Waals surface area contributed by atoms with Gasteiger partial charge in [-0.2, -0.15) is 0 Å². The summed E-state index contributed by atoms with van der Waals surface area (Å²) in [5.74, 6) is 0. The summed E-state index contributed by atoms with van der Waals surface area (Å²) in [4.78, 5) is 9.61. The third kappa shape index (κ3) is 3.13. The molecule has 0 aromatic rings. The normalized spacial score (nSPS) is 14.8. The second-order valence-corrected chi connectivity index (χ2v) is 5.78. The summed E-state index contributed by atoms with van der Waals surface area (Å²) in [6.07, 6.45) is 0. The Morgan fingerprint density at radius 3 is 1.75 bits per heavy atom. The first-order chi connectivity index (χ1) is 5.33. The van der Waals surface area contributed by atoms with Gasteiger partial charge in [-0.1, -0.05) is 0 Å². The second kappa shape index (κ2) is 4.70. The van der Waals surface area contributed by atoms with Gasteiger partial charge in [-0.3, -0.25) is 0 Å². The van der Waals surface area contributed by atoms with Crippen molar-refractivity contribution in [1.29, 1.82) is 0 Å². The van der Waals surface area contributed by atoms with E-state index in [1.165, 1.54) is 0 Å². The minimum absolute atomic E-state index is 0.116. The molecule has 0 aliphatic carbocycles. The average Bonchev–Trinajstić information content (AvgIpc) is 1.84. The molecule has 0 aliphatic rings. The van der Waals surface area contributed by atoms with Crippen LogP contribution in [0.5, 0.6) is 0 Å². The van der Waals surface area contributed by atoms with Crippen LogP contribution in [0.25, 0.3) is 0 Å². The van der Waals surface area contributed by atoms with Gasteiger partial charge in [0.1, 0.15) is 0 Å². The molecule has 0 amide bonds. The monoisotopic (exact) mass is 216 g/mol. The van der Waals surface area contributed by atoms with Crippen molar-refractivity contribution < 1.29 is 8.97 Å². The van der Waals surface area contributed by atoms with Crippen LogP contribution in [-0.4, -0.2) is 21.6 Å². The summed E-state index contributed by atoms with van der Waals surface area (Å²) in [6.45, 7) is 7.73. The van der Waals surface area contributed by atoms with E-state index in [0.717, 1.165) is 0 Å². The van der Waals surface area contributed by atoms with Crippen molar-refractivity contribution in [2.24, 2.45) is 5.50 Å². The fourth-order valence-corrected chi connectivity index (χ4v) is 3.17. The van der Waals surface area contributed by atoms with Crippen molar-refractivity contribution in [3.8, 4) is 0 Å². The third-order valence-corrected chi connectivity index (χ3v) is 4.28. The number of hydrogen-bond acceptors (Lipinski definition) is 4. The van der Waals surface area contributed by atoms with E-state index >= 15 is 0 Å². The van der Waals surface area contributed by atoms with E-state index in [2.05, 4.69) is 4.08 Å². The molecule has 0 saturated carbocycles. The van der Waals surface area contributed by atoms with Gasteiger partial charge < -0.3 is 0 Å². The number of rotatable bonds is 4. The van der Waals surface area contributed by atoms with Crippen LogP contribution in [0.2, 0.25) is 0 Å². The van der Waals surface area contributed by atoms with Crippen molar-refractivity contribution in [2.75, 3.05) is 0 Å². The maximum atomic E-state index is 9.61. The molecule has 0 fully saturated rings. The van der Waals surface area contributed by atoms with Crippen LogP contribution in [0.15, 0.2) is 0 Å². The topological polar surface area (TPSA) is 58.7 Å². The van der Waals surface area contributed by atoms with Gasteiger partial charge in [-0.25, -0.2) is 0 Å². The van der Waals surface area contributed by atoms with Gasteiger partial charge in [0, 0.05) is 0 Å². The molecule has 0 rings (SSSR count). The molecule has 3 N–H and O–H groups in total. The summed E-state index contributed by atoms with van der Waals surface area (Å²) in [5.41, 5.74) is 5.53. The number of halogens is 1. The van der Waals surface area contributed by atoms with Crippen molar-refractivity contribution >= 4 is 19.9 Å². The third-order valence-electron chi connectivity index (χ3n) is 1.60. The Hall–Kier alpha value is 0.560. The van der Waals surface area contributed by atoms with Crippen LogP contribution in [0, 0.1) is 0 Å². The molecular formula is C6H18ClN2O2P. The average molecular weight is 217 g/mol. The molecule has 4 nitrogen and oxygen atoms in total. The second-order valence-electron chi connectivity index (χ2n) is 3.33. The van der Waals surface area contributed by atoms with E-state index in [1.54, 1.807) is 4.67 Å². The molecule has 0 atom stereocenters. The van der Waals surface area contributed by atoms with Gasteiger partial charge in [-0.15, -0.1) is 0 Å². The SMILES string of the molecule is CC(C)N(C(C)C)[PH](N)(O)OCl. The molecule has 0 aromatic carbocycles. The Labute approximate surface area is 79.4 Å². The van der Waals surface area contributed by atoms with E-state index in [0.29, 0.717) is 0 Å². The molecular weight excluding hydrogens is 199 g/mol. The van der Waals surface area contributed by atoms with E-state index < -0.39 is 8.02 Å². The molecule has 76 valence electrons. The molecule has 0 radical (unpaired) electrons. The number of nitrogens with zero attached hydrogens (tertiary/aromatic N) is 1. The number of nitrogens with two attached hydrogens (primary N) is 1. The zero-order valence-electron chi connectivity index (χ0n) is 7.91. The predicted octanol–water partition coefficient (Wildman–Crippen LogP) is 1.64. The predicted molar refractivity (Wildman–Crippen MR) is 53.8 cm³/mol. The molecule has 0 spiro atoms. The van der Waals surface area contributed by atoms with E-state index in [4.69, 9.17) is 17.4 Å². The Morgan fingerprint density at radius 2 is 1.67 bits per heavy atom. The van der Waals surface area contributed by atoms with Gasteiger partial charge in [0.15, 0.2) is 0 Å². The minimum atomic E-state index is -3.33. The molecule has 0 saturated heterocycles. The first-order valence-corrected chi connectivity index (χ1v) is 6.11. The van der Waals surface area contributed by atoms with Gasteiger partial charge in [-0.05, 0) is 0 Å². The molecule has 6 heteroatoms. The van der Waals surface area contributed by atoms with E-state index in [-0.39, 0.29) is 12.1 Å². The Kier molecular flexibility index (Phi) is 4.92. The fraction of sp³-hybridized carbons (Fsp3) is 1.00. The number of hydrogen-bond donors (Lipinski definition) is 2. The van der Waals surface area contributed by atoms with Crippen LogP contribution < -0.4 is 5.50 Å². The maximum absolute atomic E-state index is 9.61. The molecule has 12 heavy (non-hydrogen) atoms. The molecule has 0 heterocycles. The van der Waals surface area contributed by atoms with Crippen LogP contribution in [0.4, 0.5) is 0 Å². The molecule has 0 aromatic heterocycles. The summed E-state index contributed by atoms with van der Waals surface area (Å²) in [7, 11) is -3.33. The summed E-state index contributed by atoms with van der Waals surface area (Å²) in [5, 5.41) is 0. The van der Waals surface area contributed by atoms with E-state index in [1.807, 2.05) is 27.7 Å². The zero-order chi connectivity index (χ0) is 9.94. The first kappa shape index (κ1) is 12.6. The molecule has 0 unspecified atom stereocenters. The van der Waals surface area contributed by atoms with Gasteiger partial charge in [0.05, 0.1) is 0 Å². The van der Waals surface area contributed by atoms with Crippen molar-refractivity contribution in [2.45, 2.75) is 39.8 Å². The summed E-state index contributed by atoms with van der Waals surface area (Å²) < 4.78 is 6.09. The van der Waals surface area contributed by atoms with Crippen LogP contribution >= 0.6 is 19.9 Å². The first-order valence-electron chi connectivity index (χ1n) is 3.92. The van der Waals surface area contributed by atoms with E-state index in [9.17, 15) is 4.89 Å². The molecule has 0 aliphatic heterocycles. The Balaban J connectivity index is 4.50. The quantitative estimate of drug-likeness (QED) is 0.702. The van der Waals surface area contributed by atoms with Crippen molar-refractivity contribution in [3.63, 3.8) is 0 Å². The molecule has 0 bridgehead atoms. The summed E-state index contributed by atoms with van der Waals surface area (Å²) >= 11 is 5.12. The van der Waals surface area contributed by atoms with Gasteiger partial charge in [0.2, 0.25) is 0 Å².